The molecule has 1 saturated heterocycles. The van der Waals surface area contributed by atoms with Crippen molar-refractivity contribution in [3.8, 4) is 0 Å². The number of thioether (sulfide) groups is 1. The lowest BCUT2D eigenvalue weighted by Crippen LogP contribution is -2.36. The van der Waals surface area contributed by atoms with Crippen LogP contribution in [0.3, 0.4) is 0 Å². The molecule has 0 atom stereocenters. The van der Waals surface area contributed by atoms with Gasteiger partial charge in [0.25, 0.3) is 0 Å². The molecule has 1 aliphatic carbocycles. The van der Waals surface area contributed by atoms with Gasteiger partial charge in [0.15, 0.2) is 0 Å². The molecule has 4 rings (SSSR count). The van der Waals surface area contributed by atoms with Gasteiger partial charge in [0, 0.05) is 29.9 Å². The van der Waals surface area contributed by atoms with Crippen LogP contribution in [-0.2, 0) is 28.9 Å². The maximum atomic E-state index is 12.1. The molecule has 2 aromatic rings. The largest absolute Gasteiger partial charge is 0.379 e. The number of morpholine rings is 1. The third-order valence-electron chi connectivity index (χ3n) is 5.21. The van der Waals surface area contributed by atoms with Crippen LogP contribution in [0.5, 0.6) is 0 Å². The molecule has 1 amide bonds. The van der Waals surface area contributed by atoms with Crippen LogP contribution in [0, 0.1) is 0 Å². The Hall–Kier alpha value is -1.22. The highest BCUT2D eigenvalue weighted by Gasteiger charge is 2.22. The van der Waals surface area contributed by atoms with Crippen LogP contribution in [0.15, 0.2) is 5.03 Å². The second-order valence-corrected chi connectivity index (χ2v) is 9.41. The minimum absolute atomic E-state index is 0.0810. The zero-order valence-electron chi connectivity index (χ0n) is 16.5. The van der Waals surface area contributed by atoms with Crippen LogP contribution in [0.25, 0.3) is 10.2 Å². The summed E-state index contributed by atoms with van der Waals surface area (Å²) in [4.78, 5) is 26.9. The average molecular weight is 421 g/mol. The van der Waals surface area contributed by atoms with Crippen LogP contribution in [0.4, 0.5) is 0 Å². The number of hydrogen-bond donors (Lipinski definition) is 1. The van der Waals surface area contributed by atoms with E-state index in [2.05, 4.69) is 17.1 Å². The number of nitrogens with zero attached hydrogens (tertiary/aromatic N) is 3. The van der Waals surface area contributed by atoms with Gasteiger partial charge < -0.3 is 10.1 Å². The summed E-state index contributed by atoms with van der Waals surface area (Å²) in [6.45, 7) is 6.93. The Morgan fingerprint density at radius 2 is 2.07 bits per heavy atom. The van der Waals surface area contributed by atoms with Gasteiger partial charge in [-0.25, -0.2) is 9.97 Å². The first kappa shape index (κ1) is 20.1. The smallest absolute Gasteiger partial charge is 0.230 e. The van der Waals surface area contributed by atoms with E-state index in [0.29, 0.717) is 5.75 Å². The lowest BCUT2D eigenvalue weighted by Gasteiger charge is -2.25. The Morgan fingerprint density at radius 1 is 1.25 bits per heavy atom. The zero-order valence-corrected chi connectivity index (χ0v) is 18.1. The summed E-state index contributed by atoms with van der Waals surface area (Å²) in [5, 5.41) is 5.16. The fraction of sp³-hybridized carbons (Fsp3) is 0.650. The Bertz CT molecular complexity index is 833. The van der Waals surface area contributed by atoms with Crippen molar-refractivity contribution in [2.24, 2.45) is 0 Å². The van der Waals surface area contributed by atoms with Gasteiger partial charge in [0.2, 0.25) is 5.91 Å². The second kappa shape index (κ2) is 9.52. The highest BCUT2D eigenvalue weighted by molar-refractivity contribution is 8.00. The third kappa shape index (κ3) is 4.67. The number of nitrogens with one attached hydrogen (secondary N) is 1. The van der Waals surface area contributed by atoms with Crippen molar-refractivity contribution < 1.29 is 9.53 Å². The van der Waals surface area contributed by atoms with E-state index in [1.165, 1.54) is 28.7 Å². The minimum atomic E-state index is 0.0810. The molecule has 2 aromatic heterocycles. The van der Waals surface area contributed by atoms with E-state index in [1.54, 1.807) is 11.8 Å². The van der Waals surface area contributed by atoms with Crippen LogP contribution in [0.2, 0.25) is 0 Å². The highest BCUT2D eigenvalue weighted by Crippen LogP contribution is 2.39. The van der Waals surface area contributed by atoms with E-state index in [4.69, 9.17) is 14.7 Å². The lowest BCUT2D eigenvalue weighted by molar-refractivity contribution is -0.118. The van der Waals surface area contributed by atoms with E-state index < -0.39 is 0 Å². The van der Waals surface area contributed by atoms with Crippen LogP contribution in [0.1, 0.15) is 42.5 Å². The van der Waals surface area contributed by atoms with E-state index in [1.807, 2.05) is 11.3 Å². The first-order valence-electron chi connectivity index (χ1n) is 10.3. The summed E-state index contributed by atoms with van der Waals surface area (Å²) in [7, 11) is 0. The second-order valence-electron chi connectivity index (χ2n) is 7.36. The summed E-state index contributed by atoms with van der Waals surface area (Å²) >= 11 is 3.39. The first-order chi connectivity index (χ1) is 13.7. The SMILES string of the molecule is CCCNC(=O)CSc1nc(CN2CCOCC2)nc2sc3c(c12)CCCC3. The quantitative estimate of drug-likeness (QED) is 0.549. The molecular formula is C20H28N4O2S2. The van der Waals surface area contributed by atoms with E-state index in [9.17, 15) is 4.79 Å². The topological polar surface area (TPSA) is 67.4 Å². The maximum absolute atomic E-state index is 12.1. The molecule has 28 heavy (non-hydrogen) atoms. The predicted molar refractivity (Wildman–Crippen MR) is 114 cm³/mol. The number of amides is 1. The van der Waals surface area contributed by atoms with Gasteiger partial charge in [-0.2, -0.15) is 0 Å². The lowest BCUT2D eigenvalue weighted by atomic mass is 9.97. The van der Waals surface area contributed by atoms with Crippen molar-refractivity contribution in [2.45, 2.75) is 50.6 Å². The Labute approximate surface area is 174 Å². The molecule has 2 aliphatic rings. The van der Waals surface area contributed by atoms with Crippen molar-refractivity contribution in [3.63, 3.8) is 0 Å². The third-order valence-corrected chi connectivity index (χ3v) is 7.37. The Kier molecular flexibility index (Phi) is 6.82. The van der Waals surface area contributed by atoms with Gasteiger partial charge in [0.05, 0.1) is 25.5 Å². The molecule has 0 saturated carbocycles. The van der Waals surface area contributed by atoms with Crippen LogP contribution in [-0.4, -0.2) is 59.4 Å². The van der Waals surface area contributed by atoms with Gasteiger partial charge in [-0.05, 0) is 37.7 Å². The molecule has 0 bridgehead atoms. The number of rotatable bonds is 7. The number of carbonyl (C=O) groups excluding carboxylic acids is 1. The fourth-order valence-electron chi connectivity index (χ4n) is 3.75. The van der Waals surface area contributed by atoms with E-state index in [0.717, 1.165) is 74.3 Å². The molecule has 8 heteroatoms. The molecular weight excluding hydrogens is 392 g/mol. The predicted octanol–water partition coefficient (Wildman–Crippen LogP) is 3.02. The first-order valence-corrected chi connectivity index (χ1v) is 12.1. The number of ether oxygens (including phenoxy) is 1. The van der Waals surface area contributed by atoms with E-state index in [-0.39, 0.29) is 5.91 Å². The van der Waals surface area contributed by atoms with Crippen LogP contribution < -0.4 is 5.32 Å². The molecule has 0 spiro atoms. The fourth-order valence-corrected chi connectivity index (χ4v) is 6.00. The summed E-state index contributed by atoms with van der Waals surface area (Å²) < 4.78 is 5.45. The van der Waals surface area contributed by atoms with E-state index >= 15 is 0 Å². The summed E-state index contributed by atoms with van der Waals surface area (Å²) in [6.07, 6.45) is 5.70. The number of hydrogen-bond acceptors (Lipinski definition) is 7. The molecule has 1 aliphatic heterocycles. The molecule has 0 unspecified atom stereocenters. The molecule has 3 heterocycles. The highest BCUT2D eigenvalue weighted by atomic mass is 32.2. The summed E-state index contributed by atoms with van der Waals surface area (Å²) in [5.74, 6) is 1.36. The number of fused-ring (bicyclic) bond motifs is 3. The van der Waals surface area contributed by atoms with Crippen molar-refractivity contribution in [1.29, 1.82) is 0 Å². The molecule has 1 N–H and O–H groups in total. The van der Waals surface area contributed by atoms with Gasteiger partial charge >= 0.3 is 0 Å². The van der Waals surface area contributed by atoms with Gasteiger partial charge in [-0.1, -0.05) is 18.7 Å². The zero-order chi connectivity index (χ0) is 19.3. The molecule has 152 valence electrons. The van der Waals surface area contributed by atoms with Crippen molar-refractivity contribution in [2.75, 3.05) is 38.6 Å². The van der Waals surface area contributed by atoms with Gasteiger partial charge in [0.1, 0.15) is 15.7 Å². The monoisotopic (exact) mass is 420 g/mol. The Morgan fingerprint density at radius 3 is 2.89 bits per heavy atom. The number of thiophene rings is 1. The van der Waals surface area contributed by atoms with Crippen molar-refractivity contribution in [1.82, 2.24) is 20.2 Å². The normalized spacial score (nSPS) is 17.6. The molecule has 6 nitrogen and oxygen atoms in total. The number of aromatic nitrogens is 2. The number of carbonyl (C=O) groups is 1. The summed E-state index contributed by atoms with van der Waals surface area (Å²) in [5.41, 5.74) is 1.43. The van der Waals surface area contributed by atoms with Gasteiger partial charge in [-0.3, -0.25) is 9.69 Å². The minimum Gasteiger partial charge on any atom is -0.379 e. The Balaban J connectivity index is 1.61. The van der Waals surface area contributed by atoms with Crippen LogP contribution >= 0.6 is 23.1 Å². The van der Waals surface area contributed by atoms with Crippen molar-refractivity contribution in [3.05, 3.63) is 16.3 Å². The van der Waals surface area contributed by atoms with Crippen molar-refractivity contribution >= 4 is 39.2 Å². The number of aryl methyl sites for hydroxylation is 2. The van der Waals surface area contributed by atoms with Gasteiger partial charge in [-0.15, -0.1) is 11.3 Å². The average Bonchev–Trinajstić information content (AvgIpc) is 3.09. The standard InChI is InChI=1S/C20H28N4O2S2/c1-2-7-21-17(25)13-27-19-18-14-5-3-4-6-15(14)28-20(18)23-16(22-19)12-24-8-10-26-11-9-24/h2-13H2,1H3,(H,21,25). The maximum Gasteiger partial charge on any atom is 0.230 e. The molecule has 1 fully saturated rings. The summed E-state index contributed by atoms with van der Waals surface area (Å²) in [6, 6.07) is 0. The molecule has 0 radical (unpaired) electrons. The molecule has 0 aromatic carbocycles.